The van der Waals surface area contributed by atoms with Crippen LogP contribution >= 0.6 is 0 Å². The first-order valence-corrected chi connectivity index (χ1v) is 9.52. The second kappa shape index (κ2) is 9.14. The minimum Gasteiger partial charge on any atom is -0.359 e. The Morgan fingerprint density at radius 3 is 2.52 bits per heavy atom. The SMILES string of the molecule is CC(C)Cc1ccc(C(C)C(=O)NN=Cc2no[n+]([O-])c2-c2ccccc2)cc1. The van der Waals surface area contributed by atoms with E-state index in [1.807, 2.05) is 25.1 Å². The summed E-state index contributed by atoms with van der Waals surface area (Å²) in [4.78, 5) is 12.7. The number of benzene rings is 2. The Labute approximate surface area is 169 Å². The molecule has 3 rings (SSSR count). The van der Waals surface area contributed by atoms with Crippen molar-refractivity contribution in [3.05, 3.63) is 76.6 Å². The molecule has 0 fully saturated rings. The van der Waals surface area contributed by atoms with Gasteiger partial charge in [-0.25, -0.2) is 5.43 Å². The van der Waals surface area contributed by atoms with Gasteiger partial charge < -0.3 is 5.21 Å². The van der Waals surface area contributed by atoms with Crippen LogP contribution in [0.3, 0.4) is 0 Å². The molecule has 0 aliphatic heterocycles. The van der Waals surface area contributed by atoms with Crippen molar-refractivity contribution < 1.29 is 14.3 Å². The molecule has 7 nitrogen and oxygen atoms in total. The summed E-state index contributed by atoms with van der Waals surface area (Å²) in [6, 6.07) is 17.0. The summed E-state index contributed by atoms with van der Waals surface area (Å²) in [7, 11) is 0. The molecule has 0 aliphatic rings. The van der Waals surface area contributed by atoms with Gasteiger partial charge in [-0.2, -0.15) is 5.10 Å². The Balaban J connectivity index is 1.66. The summed E-state index contributed by atoms with van der Waals surface area (Å²) in [5.74, 6) is -0.0331. The lowest BCUT2D eigenvalue weighted by Gasteiger charge is -2.11. The molecule has 1 atom stereocenters. The highest BCUT2D eigenvalue weighted by Gasteiger charge is 2.20. The van der Waals surface area contributed by atoms with Crippen LogP contribution in [0.25, 0.3) is 11.3 Å². The van der Waals surface area contributed by atoms with E-state index in [2.05, 4.69) is 46.3 Å². The van der Waals surface area contributed by atoms with Gasteiger partial charge in [0.15, 0.2) is 0 Å². The Morgan fingerprint density at radius 2 is 1.86 bits per heavy atom. The number of aromatic nitrogens is 2. The minimum absolute atomic E-state index is 0.234. The van der Waals surface area contributed by atoms with Gasteiger partial charge in [0.25, 0.3) is 5.69 Å². The highest BCUT2D eigenvalue weighted by Crippen LogP contribution is 2.19. The fourth-order valence-electron chi connectivity index (χ4n) is 3.01. The largest absolute Gasteiger partial charge is 0.359 e. The van der Waals surface area contributed by atoms with Gasteiger partial charge in [0.1, 0.15) is 6.21 Å². The third-order valence-corrected chi connectivity index (χ3v) is 4.56. The molecule has 0 bridgehead atoms. The zero-order valence-corrected chi connectivity index (χ0v) is 16.7. The third-order valence-electron chi connectivity index (χ3n) is 4.56. The standard InChI is InChI=1S/C22H24N4O3/c1-15(2)13-17-9-11-18(12-10-17)16(3)22(27)24-23-14-20-21(26(28)29-25-20)19-7-5-4-6-8-19/h4-12,14-16H,13H2,1-3H3,(H,24,27). The Kier molecular flexibility index (Phi) is 6.39. The Morgan fingerprint density at radius 1 is 1.17 bits per heavy atom. The van der Waals surface area contributed by atoms with Gasteiger partial charge in [-0.15, -0.1) is 0 Å². The van der Waals surface area contributed by atoms with Crippen molar-refractivity contribution in [2.45, 2.75) is 33.1 Å². The van der Waals surface area contributed by atoms with Crippen molar-refractivity contribution in [2.24, 2.45) is 11.0 Å². The smallest absolute Gasteiger partial charge is 0.269 e. The Hall–Kier alpha value is -3.48. The predicted octanol–water partition coefficient (Wildman–Crippen LogP) is 3.43. The van der Waals surface area contributed by atoms with Crippen LogP contribution in [0.15, 0.2) is 64.3 Å². The summed E-state index contributed by atoms with van der Waals surface area (Å²) < 4.78 is 4.67. The normalized spacial score (nSPS) is 12.4. The van der Waals surface area contributed by atoms with E-state index in [9.17, 15) is 10.0 Å². The molecule has 29 heavy (non-hydrogen) atoms. The van der Waals surface area contributed by atoms with Crippen molar-refractivity contribution in [3.8, 4) is 11.3 Å². The molecule has 3 aromatic rings. The van der Waals surface area contributed by atoms with Crippen molar-refractivity contribution in [2.75, 3.05) is 0 Å². The minimum atomic E-state index is -0.365. The first-order valence-electron chi connectivity index (χ1n) is 9.52. The second-order valence-electron chi connectivity index (χ2n) is 7.33. The van der Waals surface area contributed by atoms with Gasteiger partial charge in [0, 0.05) is 10.7 Å². The van der Waals surface area contributed by atoms with Gasteiger partial charge in [0.2, 0.25) is 11.6 Å². The molecule has 7 heteroatoms. The molecule has 0 saturated carbocycles. The molecular weight excluding hydrogens is 368 g/mol. The van der Waals surface area contributed by atoms with Crippen LogP contribution in [0.5, 0.6) is 0 Å². The fourth-order valence-corrected chi connectivity index (χ4v) is 3.01. The lowest BCUT2D eigenvalue weighted by Crippen LogP contribution is -2.26. The quantitative estimate of drug-likeness (QED) is 0.379. The van der Waals surface area contributed by atoms with Crippen LogP contribution in [0.2, 0.25) is 0 Å². The average molecular weight is 392 g/mol. The van der Waals surface area contributed by atoms with Gasteiger partial charge in [-0.05, 0) is 35.3 Å². The van der Waals surface area contributed by atoms with E-state index in [1.165, 1.54) is 11.8 Å². The summed E-state index contributed by atoms with van der Waals surface area (Å²) >= 11 is 0. The van der Waals surface area contributed by atoms with Crippen LogP contribution in [-0.2, 0) is 11.2 Å². The van der Waals surface area contributed by atoms with E-state index in [0.29, 0.717) is 16.4 Å². The first kappa shape index (κ1) is 20.3. The van der Waals surface area contributed by atoms with Gasteiger partial charge >= 0.3 is 0 Å². The predicted molar refractivity (Wildman–Crippen MR) is 110 cm³/mol. The van der Waals surface area contributed by atoms with Crippen molar-refractivity contribution >= 4 is 12.1 Å². The number of rotatable bonds is 7. The molecule has 1 amide bonds. The molecule has 0 saturated heterocycles. The van der Waals surface area contributed by atoms with Crippen LogP contribution in [0, 0.1) is 11.1 Å². The molecule has 1 N–H and O–H groups in total. The zero-order valence-electron chi connectivity index (χ0n) is 16.7. The molecule has 2 aromatic carbocycles. The molecular formula is C22H24N4O3. The maximum atomic E-state index is 12.4. The number of nitrogens with one attached hydrogen (secondary N) is 1. The highest BCUT2D eigenvalue weighted by molar-refractivity contribution is 5.87. The van der Waals surface area contributed by atoms with Gasteiger partial charge in [0.05, 0.1) is 5.92 Å². The summed E-state index contributed by atoms with van der Waals surface area (Å²) in [5.41, 5.74) is 5.77. The van der Waals surface area contributed by atoms with E-state index in [4.69, 9.17) is 0 Å². The number of hydrogen-bond acceptors (Lipinski definition) is 5. The third kappa shape index (κ3) is 5.07. The van der Waals surface area contributed by atoms with Gasteiger partial charge in [-0.3, -0.25) is 9.42 Å². The maximum Gasteiger partial charge on any atom is 0.269 e. The van der Waals surface area contributed by atoms with Crippen LogP contribution < -0.4 is 10.3 Å². The van der Waals surface area contributed by atoms with Gasteiger partial charge in [-0.1, -0.05) is 68.4 Å². The number of carbonyl (C=O) groups is 1. The van der Waals surface area contributed by atoms with E-state index >= 15 is 0 Å². The number of nitrogens with zero attached hydrogens (tertiary/aromatic N) is 3. The molecule has 0 spiro atoms. The number of hydrogen-bond donors (Lipinski definition) is 1. The molecule has 0 radical (unpaired) electrons. The molecule has 1 heterocycles. The van der Waals surface area contributed by atoms with Crippen LogP contribution in [-0.4, -0.2) is 17.3 Å². The first-order chi connectivity index (χ1) is 14.0. The maximum absolute atomic E-state index is 12.4. The van der Waals surface area contributed by atoms with Crippen LogP contribution in [0.4, 0.5) is 0 Å². The number of carbonyl (C=O) groups excluding carboxylic acids is 1. The van der Waals surface area contributed by atoms with Crippen molar-refractivity contribution in [1.29, 1.82) is 0 Å². The van der Waals surface area contributed by atoms with E-state index in [0.717, 1.165) is 12.0 Å². The monoisotopic (exact) mass is 392 g/mol. The van der Waals surface area contributed by atoms with E-state index in [1.54, 1.807) is 24.3 Å². The Bertz CT molecular complexity index is 979. The summed E-state index contributed by atoms with van der Waals surface area (Å²) in [6.07, 6.45) is 2.31. The van der Waals surface area contributed by atoms with Crippen molar-refractivity contribution in [3.63, 3.8) is 0 Å². The lowest BCUT2D eigenvalue weighted by atomic mass is 9.96. The fraction of sp³-hybridized carbons (Fsp3) is 0.273. The van der Waals surface area contributed by atoms with Crippen LogP contribution in [0.1, 0.15) is 43.5 Å². The highest BCUT2D eigenvalue weighted by atomic mass is 16.8. The van der Waals surface area contributed by atoms with E-state index < -0.39 is 0 Å². The zero-order chi connectivity index (χ0) is 20.8. The van der Waals surface area contributed by atoms with Crippen molar-refractivity contribution in [1.82, 2.24) is 10.6 Å². The molecule has 1 aromatic heterocycles. The molecule has 1 unspecified atom stereocenters. The summed E-state index contributed by atoms with van der Waals surface area (Å²) in [5, 5.41) is 19.5. The topological polar surface area (TPSA) is 94.4 Å². The lowest BCUT2D eigenvalue weighted by molar-refractivity contribution is -0.793. The average Bonchev–Trinajstić information content (AvgIpc) is 3.08. The van der Waals surface area contributed by atoms with E-state index in [-0.39, 0.29) is 23.2 Å². The molecule has 150 valence electrons. The second-order valence-corrected chi connectivity index (χ2v) is 7.33. The number of amides is 1. The molecule has 0 aliphatic carbocycles. The summed E-state index contributed by atoms with van der Waals surface area (Å²) in [6.45, 7) is 6.17. The number of hydrazone groups is 1.